The van der Waals surface area contributed by atoms with E-state index in [-0.39, 0.29) is 5.41 Å². The molecule has 3 rings (SSSR count). The van der Waals surface area contributed by atoms with E-state index < -0.39 is 0 Å². The zero-order chi connectivity index (χ0) is 13.8. The maximum atomic E-state index is 12.9. The van der Waals surface area contributed by atoms with Gasteiger partial charge in [0.15, 0.2) is 0 Å². The van der Waals surface area contributed by atoms with Crippen LogP contribution in [-0.2, 0) is 16.6 Å². The first-order chi connectivity index (χ1) is 9.81. The number of nitrogens with zero attached hydrogens (tertiary/aromatic N) is 1. The molecule has 1 aliphatic carbocycles. The van der Waals surface area contributed by atoms with Gasteiger partial charge in [-0.05, 0) is 30.5 Å². The highest BCUT2D eigenvalue weighted by Crippen LogP contribution is 2.42. The predicted molar refractivity (Wildman–Crippen MR) is 79.5 cm³/mol. The number of rotatable bonds is 4. The van der Waals surface area contributed by atoms with Gasteiger partial charge in [-0.2, -0.15) is 0 Å². The number of benzene rings is 1. The maximum Gasteiger partial charge on any atom is 0.149 e. The van der Waals surface area contributed by atoms with Gasteiger partial charge in [0.25, 0.3) is 0 Å². The van der Waals surface area contributed by atoms with Gasteiger partial charge in [0.2, 0.25) is 0 Å². The summed E-state index contributed by atoms with van der Waals surface area (Å²) in [4.78, 5) is 17.2. The van der Waals surface area contributed by atoms with E-state index in [1.807, 2.05) is 36.4 Å². The molecule has 0 N–H and O–H groups in total. The van der Waals surface area contributed by atoms with Gasteiger partial charge in [-0.1, -0.05) is 49.2 Å². The molecule has 1 heterocycles. The summed E-state index contributed by atoms with van der Waals surface area (Å²) < 4.78 is 0. The lowest BCUT2D eigenvalue weighted by Gasteiger charge is -2.28. The highest BCUT2D eigenvalue weighted by Gasteiger charge is 2.41. The van der Waals surface area contributed by atoms with Gasteiger partial charge >= 0.3 is 0 Å². The second kappa shape index (κ2) is 5.58. The van der Waals surface area contributed by atoms with Crippen LogP contribution in [0.3, 0.4) is 0 Å². The van der Waals surface area contributed by atoms with E-state index >= 15 is 0 Å². The van der Waals surface area contributed by atoms with Crippen molar-refractivity contribution in [1.29, 1.82) is 0 Å². The molecule has 2 heteroatoms. The number of Topliss-reactive ketones (excluding diaryl/α,β-unsaturated/α-hetero) is 1. The van der Waals surface area contributed by atoms with Crippen molar-refractivity contribution in [3.8, 4) is 0 Å². The molecule has 0 radical (unpaired) electrons. The van der Waals surface area contributed by atoms with Crippen LogP contribution >= 0.6 is 0 Å². The van der Waals surface area contributed by atoms with Crippen LogP contribution in [0.2, 0.25) is 0 Å². The van der Waals surface area contributed by atoms with Crippen molar-refractivity contribution in [2.45, 2.75) is 37.5 Å². The summed E-state index contributed by atoms with van der Waals surface area (Å²) >= 11 is 0. The van der Waals surface area contributed by atoms with Crippen LogP contribution in [0, 0.1) is 0 Å². The van der Waals surface area contributed by atoms with Crippen LogP contribution in [0.1, 0.15) is 36.9 Å². The average Bonchev–Trinajstić information content (AvgIpc) is 3.00. The zero-order valence-corrected chi connectivity index (χ0v) is 11.6. The van der Waals surface area contributed by atoms with E-state index in [0.29, 0.717) is 12.2 Å². The predicted octanol–water partition coefficient (Wildman–Crippen LogP) is 3.71. The third-order valence-corrected chi connectivity index (χ3v) is 4.39. The van der Waals surface area contributed by atoms with E-state index in [0.717, 1.165) is 31.4 Å². The molecule has 0 spiro atoms. The Morgan fingerprint density at radius 3 is 2.35 bits per heavy atom. The molecule has 0 unspecified atom stereocenters. The van der Waals surface area contributed by atoms with Crippen LogP contribution in [-0.4, -0.2) is 10.8 Å². The Balaban J connectivity index is 1.89. The minimum Gasteiger partial charge on any atom is -0.298 e. The molecule has 0 aliphatic heterocycles. The van der Waals surface area contributed by atoms with Crippen LogP contribution in [0.4, 0.5) is 0 Å². The van der Waals surface area contributed by atoms with Gasteiger partial charge in [0, 0.05) is 18.3 Å². The van der Waals surface area contributed by atoms with Gasteiger partial charge in [0.05, 0.1) is 5.41 Å². The summed E-state index contributed by atoms with van der Waals surface area (Å²) in [7, 11) is 0. The van der Waals surface area contributed by atoms with Crippen LogP contribution in [0.5, 0.6) is 0 Å². The van der Waals surface area contributed by atoms with Crippen molar-refractivity contribution in [1.82, 2.24) is 4.98 Å². The fraction of sp³-hybridized carbons (Fsp3) is 0.333. The standard InChI is InChI=1S/C18H19NO/c20-17(14-16-10-4-7-13-19-16)18(11-5-6-12-18)15-8-2-1-3-9-15/h1-4,7-10,13H,5-6,11-12,14H2. The smallest absolute Gasteiger partial charge is 0.149 e. The second-order valence-electron chi connectivity index (χ2n) is 5.58. The molecule has 1 saturated carbocycles. The van der Waals surface area contributed by atoms with Crippen molar-refractivity contribution in [2.24, 2.45) is 0 Å². The first-order valence-electron chi connectivity index (χ1n) is 7.30. The van der Waals surface area contributed by atoms with Crippen molar-refractivity contribution in [3.63, 3.8) is 0 Å². The SMILES string of the molecule is O=C(Cc1ccccn1)C1(c2ccccc2)CCCC1. The Morgan fingerprint density at radius 1 is 1.00 bits per heavy atom. The lowest BCUT2D eigenvalue weighted by atomic mass is 9.74. The summed E-state index contributed by atoms with van der Waals surface area (Å²) in [6.07, 6.45) is 6.43. The summed E-state index contributed by atoms with van der Waals surface area (Å²) in [5.74, 6) is 0.319. The Hall–Kier alpha value is -1.96. The molecule has 102 valence electrons. The van der Waals surface area contributed by atoms with Crippen molar-refractivity contribution in [3.05, 3.63) is 66.0 Å². The first-order valence-corrected chi connectivity index (χ1v) is 7.30. The molecule has 1 fully saturated rings. The highest BCUT2D eigenvalue weighted by molar-refractivity contribution is 5.91. The molecule has 20 heavy (non-hydrogen) atoms. The van der Waals surface area contributed by atoms with Gasteiger partial charge in [-0.15, -0.1) is 0 Å². The quantitative estimate of drug-likeness (QED) is 0.843. The minimum absolute atomic E-state index is 0.279. The molecular formula is C18H19NO. The topological polar surface area (TPSA) is 30.0 Å². The van der Waals surface area contributed by atoms with Crippen LogP contribution in [0.15, 0.2) is 54.7 Å². The largest absolute Gasteiger partial charge is 0.298 e. The molecular weight excluding hydrogens is 246 g/mol. The average molecular weight is 265 g/mol. The number of ketones is 1. The Kier molecular flexibility index (Phi) is 3.64. The third-order valence-electron chi connectivity index (χ3n) is 4.39. The van der Waals surface area contributed by atoms with Crippen LogP contribution < -0.4 is 0 Å². The van der Waals surface area contributed by atoms with Crippen LogP contribution in [0.25, 0.3) is 0 Å². The van der Waals surface area contributed by atoms with Gasteiger partial charge in [-0.3, -0.25) is 9.78 Å². The molecule has 0 saturated heterocycles. The first kappa shape index (κ1) is 13.0. The van der Waals surface area contributed by atoms with E-state index in [1.165, 1.54) is 5.56 Å². The molecule has 0 amide bonds. The number of pyridine rings is 1. The molecule has 2 nitrogen and oxygen atoms in total. The van der Waals surface area contributed by atoms with E-state index in [4.69, 9.17) is 0 Å². The normalized spacial score (nSPS) is 17.0. The summed E-state index contributed by atoms with van der Waals surface area (Å²) in [6, 6.07) is 16.0. The summed E-state index contributed by atoms with van der Waals surface area (Å²) in [5, 5.41) is 0. The Bertz CT molecular complexity index is 571. The van der Waals surface area contributed by atoms with E-state index in [2.05, 4.69) is 17.1 Å². The fourth-order valence-corrected chi connectivity index (χ4v) is 3.30. The number of carbonyl (C=O) groups is 1. The number of aromatic nitrogens is 1. The van der Waals surface area contributed by atoms with Crippen molar-refractivity contribution < 1.29 is 4.79 Å². The minimum atomic E-state index is -0.279. The third kappa shape index (κ3) is 2.38. The highest BCUT2D eigenvalue weighted by atomic mass is 16.1. The zero-order valence-electron chi connectivity index (χ0n) is 11.6. The second-order valence-corrected chi connectivity index (χ2v) is 5.58. The Morgan fingerprint density at radius 2 is 1.70 bits per heavy atom. The lowest BCUT2D eigenvalue weighted by Crippen LogP contribution is -2.34. The molecule has 2 aromatic rings. The molecule has 1 aliphatic rings. The lowest BCUT2D eigenvalue weighted by molar-refractivity contribution is -0.123. The monoisotopic (exact) mass is 265 g/mol. The van der Waals surface area contributed by atoms with Gasteiger partial charge in [0.1, 0.15) is 5.78 Å². The van der Waals surface area contributed by atoms with Crippen molar-refractivity contribution >= 4 is 5.78 Å². The fourth-order valence-electron chi connectivity index (χ4n) is 3.30. The summed E-state index contributed by atoms with van der Waals surface area (Å²) in [5.41, 5.74) is 1.77. The van der Waals surface area contributed by atoms with Gasteiger partial charge in [-0.25, -0.2) is 0 Å². The number of hydrogen-bond donors (Lipinski definition) is 0. The van der Waals surface area contributed by atoms with Crippen molar-refractivity contribution in [2.75, 3.05) is 0 Å². The molecule has 0 bridgehead atoms. The van der Waals surface area contributed by atoms with E-state index in [1.54, 1.807) is 6.20 Å². The molecule has 1 aromatic carbocycles. The molecule has 0 atom stereocenters. The number of hydrogen-bond acceptors (Lipinski definition) is 2. The maximum absolute atomic E-state index is 12.9. The Labute approximate surface area is 119 Å². The van der Waals surface area contributed by atoms with Gasteiger partial charge < -0.3 is 0 Å². The van der Waals surface area contributed by atoms with E-state index in [9.17, 15) is 4.79 Å². The summed E-state index contributed by atoms with van der Waals surface area (Å²) in [6.45, 7) is 0. The number of carbonyl (C=O) groups excluding carboxylic acids is 1. The molecule has 1 aromatic heterocycles.